The van der Waals surface area contributed by atoms with Crippen LogP contribution in [0.4, 0.5) is 11.6 Å². The standard InChI is InChI=1S/C18H19N5O2/c1-11(2)19-18(24)14-10-15(21-16-9-12(3)25-23-16)22-17(20-14)13-7-5-4-6-8-13/h4-11H,1-3H3,(H,19,24)(H,20,21,22,23). The Balaban J connectivity index is 2.00. The first-order valence-electron chi connectivity index (χ1n) is 7.97. The Hall–Kier alpha value is -3.22. The lowest BCUT2D eigenvalue weighted by Gasteiger charge is -2.11. The highest BCUT2D eigenvalue weighted by Gasteiger charge is 2.14. The zero-order valence-corrected chi connectivity index (χ0v) is 14.3. The van der Waals surface area contributed by atoms with E-state index >= 15 is 0 Å². The van der Waals surface area contributed by atoms with Crippen molar-refractivity contribution in [1.82, 2.24) is 20.4 Å². The fourth-order valence-electron chi connectivity index (χ4n) is 2.24. The van der Waals surface area contributed by atoms with Gasteiger partial charge in [0, 0.05) is 23.7 Å². The van der Waals surface area contributed by atoms with Crippen molar-refractivity contribution in [2.75, 3.05) is 5.32 Å². The molecule has 7 heteroatoms. The molecule has 0 spiro atoms. The fraction of sp³-hybridized carbons (Fsp3) is 0.222. The summed E-state index contributed by atoms with van der Waals surface area (Å²) in [6.07, 6.45) is 0. The van der Waals surface area contributed by atoms with E-state index in [2.05, 4.69) is 25.8 Å². The molecule has 3 aromatic rings. The monoisotopic (exact) mass is 337 g/mol. The van der Waals surface area contributed by atoms with Gasteiger partial charge in [-0.05, 0) is 20.8 Å². The van der Waals surface area contributed by atoms with Crippen LogP contribution in [0.15, 0.2) is 47.0 Å². The number of aromatic nitrogens is 3. The van der Waals surface area contributed by atoms with E-state index in [1.807, 2.05) is 44.2 Å². The van der Waals surface area contributed by atoms with E-state index in [0.29, 0.717) is 23.2 Å². The lowest BCUT2D eigenvalue weighted by atomic mass is 10.2. The van der Waals surface area contributed by atoms with Gasteiger partial charge in [-0.25, -0.2) is 9.97 Å². The second-order valence-electron chi connectivity index (χ2n) is 5.90. The largest absolute Gasteiger partial charge is 0.360 e. The molecule has 3 rings (SSSR count). The topological polar surface area (TPSA) is 92.9 Å². The van der Waals surface area contributed by atoms with E-state index in [9.17, 15) is 4.79 Å². The van der Waals surface area contributed by atoms with E-state index < -0.39 is 0 Å². The Kier molecular flexibility index (Phi) is 4.74. The SMILES string of the molecule is Cc1cc(Nc2cc(C(=O)NC(C)C)nc(-c3ccccc3)n2)no1. The molecule has 2 aromatic heterocycles. The van der Waals surface area contributed by atoms with Crippen LogP contribution >= 0.6 is 0 Å². The van der Waals surface area contributed by atoms with E-state index in [1.165, 1.54) is 0 Å². The molecular weight excluding hydrogens is 318 g/mol. The highest BCUT2D eigenvalue weighted by atomic mass is 16.5. The maximum absolute atomic E-state index is 12.4. The van der Waals surface area contributed by atoms with Crippen molar-refractivity contribution < 1.29 is 9.32 Å². The average molecular weight is 337 g/mol. The minimum absolute atomic E-state index is 0.0113. The lowest BCUT2D eigenvalue weighted by molar-refractivity contribution is 0.0938. The smallest absolute Gasteiger partial charge is 0.270 e. The zero-order chi connectivity index (χ0) is 17.8. The van der Waals surface area contributed by atoms with Gasteiger partial charge in [-0.2, -0.15) is 0 Å². The number of nitrogens with one attached hydrogen (secondary N) is 2. The van der Waals surface area contributed by atoms with Crippen molar-refractivity contribution in [1.29, 1.82) is 0 Å². The van der Waals surface area contributed by atoms with Gasteiger partial charge in [0.25, 0.3) is 5.91 Å². The van der Waals surface area contributed by atoms with Gasteiger partial charge in [-0.15, -0.1) is 0 Å². The molecule has 2 heterocycles. The molecule has 128 valence electrons. The second-order valence-corrected chi connectivity index (χ2v) is 5.90. The van der Waals surface area contributed by atoms with Gasteiger partial charge in [-0.1, -0.05) is 35.5 Å². The van der Waals surface area contributed by atoms with Gasteiger partial charge in [0.1, 0.15) is 17.3 Å². The molecule has 0 atom stereocenters. The number of carbonyl (C=O) groups excluding carboxylic acids is 1. The third kappa shape index (κ3) is 4.20. The Labute approximate surface area is 145 Å². The molecule has 0 radical (unpaired) electrons. The summed E-state index contributed by atoms with van der Waals surface area (Å²) in [5.74, 6) is 1.87. The maximum Gasteiger partial charge on any atom is 0.270 e. The average Bonchev–Trinajstić information content (AvgIpc) is 2.99. The van der Waals surface area contributed by atoms with Gasteiger partial charge < -0.3 is 15.2 Å². The molecular formula is C18H19N5O2. The Morgan fingerprint density at radius 2 is 1.84 bits per heavy atom. The number of rotatable bonds is 5. The summed E-state index contributed by atoms with van der Waals surface area (Å²) in [5, 5.41) is 9.78. The molecule has 1 amide bonds. The summed E-state index contributed by atoms with van der Waals surface area (Å²) in [6.45, 7) is 5.60. The molecule has 0 unspecified atom stereocenters. The van der Waals surface area contributed by atoms with Crippen LogP contribution in [0.1, 0.15) is 30.1 Å². The molecule has 0 aliphatic heterocycles. The maximum atomic E-state index is 12.4. The fourth-order valence-corrected chi connectivity index (χ4v) is 2.24. The zero-order valence-electron chi connectivity index (χ0n) is 14.3. The molecule has 25 heavy (non-hydrogen) atoms. The molecule has 0 aliphatic rings. The summed E-state index contributed by atoms with van der Waals surface area (Å²) in [7, 11) is 0. The minimum atomic E-state index is -0.256. The number of hydrogen-bond acceptors (Lipinski definition) is 6. The predicted octanol–water partition coefficient (Wildman–Crippen LogP) is 3.32. The second kappa shape index (κ2) is 7.12. The third-order valence-corrected chi connectivity index (χ3v) is 3.29. The summed E-state index contributed by atoms with van der Waals surface area (Å²) >= 11 is 0. The van der Waals surface area contributed by atoms with Crippen molar-refractivity contribution in [3.63, 3.8) is 0 Å². The minimum Gasteiger partial charge on any atom is -0.360 e. The van der Waals surface area contributed by atoms with E-state index in [4.69, 9.17) is 4.52 Å². The van der Waals surface area contributed by atoms with Crippen molar-refractivity contribution in [2.45, 2.75) is 26.8 Å². The molecule has 1 aromatic carbocycles. The van der Waals surface area contributed by atoms with Crippen LogP contribution < -0.4 is 10.6 Å². The molecule has 7 nitrogen and oxygen atoms in total. The number of benzene rings is 1. The Morgan fingerprint density at radius 3 is 2.48 bits per heavy atom. The van der Waals surface area contributed by atoms with Crippen LogP contribution in [-0.2, 0) is 0 Å². The van der Waals surface area contributed by atoms with E-state index in [-0.39, 0.29) is 17.6 Å². The quantitative estimate of drug-likeness (QED) is 0.742. The van der Waals surface area contributed by atoms with Gasteiger partial charge >= 0.3 is 0 Å². The third-order valence-electron chi connectivity index (χ3n) is 3.29. The van der Waals surface area contributed by atoms with Crippen molar-refractivity contribution in [3.8, 4) is 11.4 Å². The molecule has 0 fully saturated rings. The van der Waals surface area contributed by atoms with Crippen LogP contribution in [0, 0.1) is 6.92 Å². The molecule has 0 saturated heterocycles. The Morgan fingerprint density at radius 1 is 1.08 bits per heavy atom. The number of carbonyl (C=O) groups is 1. The summed E-state index contributed by atoms with van der Waals surface area (Å²) in [6, 6.07) is 12.8. The first-order chi connectivity index (χ1) is 12.0. The summed E-state index contributed by atoms with van der Waals surface area (Å²) < 4.78 is 5.05. The van der Waals surface area contributed by atoms with Gasteiger partial charge in [0.05, 0.1) is 0 Å². The number of nitrogens with zero attached hydrogens (tertiary/aromatic N) is 3. The van der Waals surface area contributed by atoms with Crippen LogP contribution in [0.3, 0.4) is 0 Å². The van der Waals surface area contributed by atoms with Crippen LogP contribution in [0.5, 0.6) is 0 Å². The van der Waals surface area contributed by atoms with Crippen molar-refractivity contribution in [3.05, 3.63) is 53.9 Å². The van der Waals surface area contributed by atoms with Gasteiger partial charge in [0.15, 0.2) is 11.6 Å². The number of anilines is 2. The molecule has 2 N–H and O–H groups in total. The molecule has 0 bridgehead atoms. The van der Waals surface area contributed by atoms with E-state index in [0.717, 1.165) is 5.56 Å². The number of aryl methyl sites for hydroxylation is 1. The normalized spacial score (nSPS) is 10.7. The lowest BCUT2D eigenvalue weighted by Crippen LogP contribution is -2.31. The molecule has 0 saturated carbocycles. The molecule has 0 aliphatic carbocycles. The highest BCUT2D eigenvalue weighted by Crippen LogP contribution is 2.20. The van der Waals surface area contributed by atoms with Gasteiger partial charge in [-0.3, -0.25) is 4.79 Å². The van der Waals surface area contributed by atoms with Crippen LogP contribution in [0.2, 0.25) is 0 Å². The van der Waals surface area contributed by atoms with Crippen LogP contribution in [-0.4, -0.2) is 27.1 Å². The van der Waals surface area contributed by atoms with Crippen molar-refractivity contribution >= 4 is 17.5 Å². The highest BCUT2D eigenvalue weighted by molar-refractivity contribution is 5.93. The van der Waals surface area contributed by atoms with Gasteiger partial charge in [0.2, 0.25) is 0 Å². The first-order valence-corrected chi connectivity index (χ1v) is 7.97. The summed E-state index contributed by atoms with van der Waals surface area (Å²) in [4.78, 5) is 21.3. The first kappa shape index (κ1) is 16.6. The van der Waals surface area contributed by atoms with Crippen LogP contribution in [0.25, 0.3) is 11.4 Å². The Bertz CT molecular complexity index is 874. The summed E-state index contributed by atoms with van der Waals surface area (Å²) in [5.41, 5.74) is 1.10. The van der Waals surface area contributed by atoms with Crippen molar-refractivity contribution in [2.24, 2.45) is 0 Å². The van der Waals surface area contributed by atoms with E-state index in [1.54, 1.807) is 19.1 Å². The number of hydrogen-bond donors (Lipinski definition) is 2. The number of amides is 1. The predicted molar refractivity (Wildman–Crippen MR) is 94.6 cm³/mol.